The molecule has 174 valence electrons. The molecule has 3 aromatic carbocycles. The van der Waals surface area contributed by atoms with E-state index in [0.717, 1.165) is 34.9 Å². The van der Waals surface area contributed by atoms with Crippen LogP contribution < -0.4 is 5.32 Å². The maximum atomic E-state index is 13.1. The van der Waals surface area contributed by atoms with Gasteiger partial charge in [-0.15, -0.1) is 0 Å². The second-order valence-electron chi connectivity index (χ2n) is 8.60. The summed E-state index contributed by atoms with van der Waals surface area (Å²) >= 11 is 0. The van der Waals surface area contributed by atoms with Crippen molar-refractivity contribution in [1.82, 2.24) is 14.6 Å². The van der Waals surface area contributed by atoms with Gasteiger partial charge in [-0.25, -0.2) is 8.42 Å². The zero-order chi connectivity index (χ0) is 23.5. The second-order valence-corrected chi connectivity index (χ2v) is 10.5. The van der Waals surface area contributed by atoms with Gasteiger partial charge >= 0.3 is 0 Å². The highest BCUT2D eigenvalue weighted by Gasteiger charge is 2.28. The van der Waals surface area contributed by atoms with E-state index in [0.29, 0.717) is 25.2 Å². The number of hydrogen-bond donors (Lipinski definition) is 2. The molecular formula is C27H27N3O3S. The van der Waals surface area contributed by atoms with Crippen LogP contribution in [0, 0.1) is 0 Å². The highest BCUT2D eigenvalue weighted by molar-refractivity contribution is 7.89. The van der Waals surface area contributed by atoms with Gasteiger partial charge in [-0.2, -0.15) is 4.31 Å². The van der Waals surface area contributed by atoms with Gasteiger partial charge in [-0.05, 0) is 48.2 Å². The lowest BCUT2D eigenvalue weighted by Crippen LogP contribution is -2.30. The number of aromatic nitrogens is 1. The van der Waals surface area contributed by atoms with Crippen molar-refractivity contribution < 1.29 is 13.2 Å². The van der Waals surface area contributed by atoms with Crippen LogP contribution in [0.4, 0.5) is 0 Å². The molecule has 5 rings (SSSR count). The van der Waals surface area contributed by atoms with E-state index in [4.69, 9.17) is 0 Å². The Bertz CT molecular complexity index is 1410. The molecule has 4 aromatic rings. The molecule has 0 saturated carbocycles. The molecule has 2 heterocycles. The number of carbonyl (C=O) groups excluding carboxylic acids is 1. The first kappa shape index (κ1) is 22.4. The van der Waals surface area contributed by atoms with E-state index in [1.165, 1.54) is 10.4 Å². The van der Waals surface area contributed by atoms with Crippen molar-refractivity contribution in [2.45, 2.75) is 23.7 Å². The molecule has 0 aliphatic carbocycles. The first-order valence-corrected chi connectivity index (χ1v) is 13.0. The van der Waals surface area contributed by atoms with Crippen molar-refractivity contribution in [1.29, 1.82) is 0 Å². The lowest BCUT2D eigenvalue weighted by molar-refractivity contribution is 0.0952. The van der Waals surface area contributed by atoms with E-state index in [1.54, 1.807) is 18.2 Å². The number of amides is 1. The fourth-order valence-corrected chi connectivity index (χ4v) is 6.21. The van der Waals surface area contributed by atoms with Crippen LogP contribution in [0.2, 0.25) is 0 Å². The number of H-pyrrole nitrogens is 1. The third kappa shape index (κ3) is 4.36. The maximum absolute atomic E-state index is 13.1. The zero-order valence-corrected chi connectivity index (χ0v) is 19.6. The van der Waals surface area contributed by atoms with Crippen LogP contribution in [0.5, 0.6) is 0 Å². The Hall–Kier alpha value is -3.42. The summed E-state index contributed by atoms with van der Waals surface area (Å²) in [6.07, 6.45) is 3.74. The predicted molar refractivity (Wildman–Crippen MR) is 133 cm³/mol. The van der Waals surface area contributed by atoms with Gasteiger partial charge in [0.2, 0.25) is 10.0 Å². The minimum absolute atomic E-state index is 0.0576. The van der Waals surface area contributed by atoms with Crippen molar-refractivity contribution in [3.63, 3.8) is 0 Å². The highest BCUT2D eigenvalue weighted by Crippen LogP contribution is 2.30. The van der Waals surface area contributed by atoms with E-state index >= 15 is 0 Å². The fourth-order valence-electron chi connectivity index (χ4n) is 4.65. The number of carbonyl (C=O) groups is 1. The molecule has 0 bridgehead atoms. The summed E-state index contributed by atoms with van der Waals surface area (Å²) in [6, 6.07) is 24.5. The summed E-state index contributed by atoms with van der Waals surface area (Å²) in [5.41, 5.74) is 3.58. The third-order valence-corrected chi connectivity index (χ3v) is 8.36. The van der Waals surface area contributed by atoms with Crippen molar-refractivity contribution in [2.75, 3.05) is 19.6 Å². The van der Waals surface area contributed by atoms with Crippen molar-refractivity contribution in [3.8, 4) is 0 Å². The zero-order valence-electron chi connectivity index (χ0n) is 18.8. The van der Waals surface area contributed by atoms with E-state index in [-0.39, 0.29) is 16.7 Å². The van der Waals surface area contributed by atoms with E-state index < -0.39 is 10.0 Å². The minimum Gasteiger partial charge on any atom is -0.361 e. The summed E-state index contributed by atoms with van der Waals surface area (Å²) in [5.74, 6) is -0.350. The summed E-state index contributed by atoms with van der Waals surface area (Å²) in [4.78, 5) is 16.6. The van der Waals surface area contributed by atoms with Gasteiger partial charge in [0.05, 0.1) is 4.90 Å². The van der Waals surface area contributed by atoms with Gasteiger partial charge in [-0.1, -0.05) is 54.6 Å². The number of para-hydroxylation sites is 1. The largest absolute Gasteiger partial charge is 0.361 e. The molecule has 1 aromatic heterocycles. The average Bonchev–Trinajstić information content (AvgIpc) is 3.56. The summed E-state index contributed by atoms with van der Waals surface area (Å²) in [6.45, 7) is 1.44. The van der Waals surface area contributed by atoms with Crippen LogP contribution in [-0.4, -0.2) is 43.2 Å². The number of nitrogens with one attached hydrogen (secondary N) is 2. The van der Waals surface area contributed by atoms with Gasteiger partial charge in [0, 0.05) is 48.2 Å². The number of benzene rings is 3. The van der Waals surface area contributed by atoms with Gasteiger partial charge in [-0.3, -0.25) is 4.79 Å². The molecule has 1 amide bonds. The minimum atomic E-state index is -3.58. The Labute approximate surface area is 199 Å². The van der Waals surface area contributed by atoms with Gasteiger partial charge in [0.1, 0.15) is 0 Å². The first-order valence-electron chi connectivity index (χ1n) is 11.5. The molecule has 6 nitrogen and oxygen atoms in total. The molecule has 1 atom stereocenters. The van der Waals surface area contributed by atoms with E-state index in [1.807, 2.05) is 42.6 Å². The topological polar surface area (TPSA) is 82.3 Å². The van der Waals surface area contributed by atoms with Crippen molar-refractivity contribution >= 4 is 26.8 Å². The van der Waals surface area contributed by atoms with Crippen molar-refractivity contribution in [2.24, 2.45) is 0 Å². The normalized spacial score (nSPS) is 15.4. The lowest BCUT2D eigenvalue weighted by Gasteiger charge is -2.19. The fraction of sp³-hybridized carbons (Fsp3) is 0.222. The lowest BCUT2D eigenvalue weighted by atomic mass is 9.91. The van der Waals surface area contributed by atoms with Crippen molar-refractivity contribution in [3.05, 3.63) is 102 Å². The van der Waals surface area contributed by atoms with Crippen LogP contribution in [0.15, 0.2) is 90.0 Å². The molecule has 1 saturated heterocycles. The number of rotatable bonds is 7. The molecule has 1 fully saturated rings. The van der Waals surface area contributed by atoms with Crippen LogP contribution in [0.25, 0.3) is 10.9 Å². The number of hydrogen-bond acceptors (Lipinski definition) is 3. The Morgan fingerprint density at radius 1 is 0.941 bits per heavy atom. The molecule has 2 N–H and O–H groups in total. The molecule has 0 spiro atoms. The monoisotopic (exact) mass is 473 g/mol. The quantitative estimate of drug-likeness (QED) is 0.414. The highest BCUT2D eigenvalue weighted by atomic mass is 32.2. The standard InChI is InChI=1S/C27H27N3O3S/c31-27(21-11-8-12-22(17-21)34(32,33)30-15-6-7-16-30)29-18-24(20-9-2-1-3-10-20)25-19-28-26-14-5-4-13-23(25)26/h1-5,8-14,17,19,24,28H,6-7,15-16,18H2,(H,29,31). The molecule has 7 heteroatoms. The number of sulfonamides is 1. The summed E-state index contributed by atoms with van der Waals surface area (Å²) in [7, 11) is -3.58. The van der Waals surface area contributed by atoms with Crippen LogP contribution >= 0.6 is 0 Å². The van der Waals surface area contributed by atoms with Crippen LogP contribution in [-0.2, 0) is 10.0 Å². The Kier molecular flexibility index (Phi) is 6.22. The van der Waals surface area contributed by atoms with E-state index in [9.17, 15) is 13.2 Å². The predicted octanol–water partition coefficient (Wildman–Crippen LogP) is 4.51. The first-order chi connectivity index (χ1) is 16.5. The summed E-state index contributed by atoms with van der Waals surface area (Å²) in [5, 5.41) is 4.15. The molecule has 0 radical (unpaired) electrons. The second kappa shape index (κ2) is 9.44. The summed E-state index contributed by atoms with van der Waals surface area (Å²) < 4.78 is 27.4. The van der Waals surface area contributed by atoms with Gasteiger partial charge in [0.25, 0.3) is 5.91 Å². The Balaban J connectivity index is 1.39. The molecule has 1 aliphatic rings. The SMILES string of the molecule is O=C(NCC(c1ccccc1)c1c[nH]c2ccccc12)c1cccc(S(=O)(=O)N2CCCC2)c1. The Morgan fingerprint density at radius 3 is 2.47 bits per heavy atom. The van der Waals surface area contributed by atoms with Gasteiger partial charge < -0.3 is 10.3 Å². The van der Waals surface area contributed by atoms with E-state index in [2.05, 4.69) is 28.5 Å². The smallest absolute Gasteiger partial charge is 0.251 e. The Morgan fingerprint density at radius 2 is 1.68 bits per heavy atom. The van der Waals surface area contributed by atoms with Crippen LogP contribution in [0.3, 0.4) is 0 Å². The third-order valence-electron chi connectivity index (χ3n) is 6.46. The average molecular weight is 474 g/mol. The van der Waals surface area contributed by atoms with Crippen LogP contribution in [0.1, 0.15) is 40.2 Å². The number of nitrogens with zero attached hydrogens (tertiary/aromatic N) is 1. The van der Waals surface area contributed by atoms with Gasteiger partial charge in [0.15, 0.2) is 0 Å². The molecule has 34 heavy (non-hydrogen) atoms. The molecule has 1 aliphatic heterocycles. The number of fused-ring (bicyclic) bond motifs is 1. The maximum Gasteiger partial charge on any atom is 0.251 e. The molecule has 1 unspecified atom stereocenters. The molecular weight excluding hydrogens is 446 g/mol. The number of aromatic amines is 1.